The van der Waals surface area contributed by atoms with Crippen LogP contribution in [-0.4, -0.2) is 57.2 Å². The fourth-order valence-electron chi connectivity index (χ4n) is 4.62. The van der Waals surface area contributed by atoms with E-state index in [9.17, 15) is 9.59 Å². The topological polar surface area (TPSA) is 113 Å². The third-order valence-electron chi connectivity index (χ3n) is 6.05. The zero-order chi connectivity index (χ0) is 19.3. The lowest BCUT2D eigenvalue weighted by Crippen LogP contribution is -2.35. The summed E-state index contributed by atoms with van der Waals surface area (Å²) in [6, 6.07) is 2.08. The normalized spacial score (nSPS) is 27.1. The standard InChI is InChI=1S/C18H22BrN5O3/c1-9-13-7-23(16(26)8-25)5-10(13)2-14(9)22-17-12(18(20)27)4-21-24-6-11(19)3-15(17)24/h3-4,6,9-10,13-14,22,25H,2,5,7-8H2,1H3,(H2,20,27)/t9-,10?,13?,14-/m1/s1. The minimum absolute atomic E-state index is 0.171. The van der Waals surface area contributed by atoms with Crippen LogP contribution in [-0.2, 0) is 4.79 Å². The fourth-order valence-corrected chi connectivity index (χ4v) is 5.03. The molecule has 27 heavy (non-hydrogen) atoms. The number of fused-ring (bicyclic) bond motifs is 2. The van der Waals surface area contributed by atoms with Gasteiger partial charge in [0.1, 0.15) is 6.61 Å². The summed E-state index contributed by atoms with van der Waals surface area (Å²) in [5, 5.41) is 16.9. The highest BCUT2D eigenvalue weighted by molar-refractivity contribution is 9.10. The number of aliphatic hydroxyl groups is 1. The third-order valence-corrected chi connectivity index (χ3v) is 6.48. The van der Waals surface area contributed by atoms with Crippen molar-refractivity contribution in [2.24, 2.45) is 23.5 Å². The number of aromatic nitrogens is 2. The summed E-state index contributed by atoms with van der Waals surface area (Å²) < 4.78 is 2.58. The van der Waals surface area contributed by atoms with Crippen LogP contribution in [0, 0.1) is 17.8 Å². The number of nitrogens with zero attached hydrogens (tertiary/aromatic N) is 3. The quantitative estimate of drug-likeness (QED) is 0.664. The minimum atomic E-state index is -0.518. The Hall–Kier alpha value is -2.13. The number of hydrogen-bond acceptors (Lipinski definition) is 5. The summed E-state index contributed by atoms with van der Waals surface area (Å²) >= 11 is 3.45. The number of rotatable bonds is 4. The number of aliphatic hydroxyl groups excluding tert-OH is 1. The van der Waals surface area contributed by atoms with E-state index in [1.54, 1.807) is 9.42 Å². The van der Waals surface area contributed by atoms with Crippen molar-refractivity contribution in [1.29, 1.82) is 0 Å². The predicted molar refractivity (Wildman–Crippen MR) is 103 cm³/mol. The SMILES string of the molecule is C[C@@H]1C2CN(C(=O)CO)CC2C[C@H]1Nc1c(C(N)=O)cnn2cc(Br)cc12. The smallest absolute Gasteiger partial charge is 0.252 e. The molecule has 9 heteroatoms. The average molecular weight is 436 g/mol. The first-order valence-corrected chi connectivity index (χ1v) is 9.80. The van der Waals surface area contributed by atoms with Gasteiger partial charge in [-0.2, -0.15) is 5.10 Å². The van der Waals surface area contributed by atoms with E-state index in [-0.39, 0.29) is 11.9 Å². The second-order valence-electron chi connectivity index (χ2n) is 7.51. The third kappa shape index (κ3) is 3.08. The second kappa shape index (κ2) is 6.79. The van der Waals surface area contributed by atoms with Crippen molar-refractivity contribution in [1.82, 2.24) is 14.5 Å². The lowest BCUT2D eigenvalue weighted by atomic mass is 9.93. The molecule has 1 aliphatic heterocycles. The van der Waals surface area contributed by atoms with Crippen molar-refractivity contribution < 1.29 is 14.7 Å². The van der Waals surface area contributed by atoms with E-state index in [2.05, 4.69) is 33.3 Å². The molecule has 2 aromatic heterocycles. The zero-order valence-corrected chi connectivity index (χ0v) is 16.5. The summed E-state index contributed by atoms with van der Waals surface area (Å²) in [5.41, 5.74) is 7.43. The Labute approximate surface area is 164 Å². The molecule has 2 amide bonds. The van der Waals surface area contributed by atoms with Gasteiger partial charge in [0, 0.05) is 29.8 Å². The summed E-state index contributed by atoms with van der Waals surface area (Å²) in [6.45, 7) is 3.09. The molecule has 2 aromatic rings. The number of carbonyl (C=O) groups is 2. The molecular weight excluding hydrogens is 414 g/mol. The highest BCUT2D eigenvalue weighted by atomic mass is 79.9. The van der Waals surface area contributed by atoms with E-state index in [4.69, 9.17) is 10.8 Å². The van der Waals surface area contributed by atoms with E-state index in [1.165, 1.54) is 6.20 Å². The van der Waals surface area contributed by atoms with Gasteiger partial charge in [-0.15, -0.1) is 0 Å². The van der Waals surface area contributed by atoms with E-state index >= 15 is 0 Å². The molecule has 8 nitrogen and oxygen atoms in total. The van der Waals surface area contributed by atoms with E-state index in [0.717, 1.165) is 16.4 Å². The van der Waals surface area contributed by atoms with Gasteiger partial charge in [0.2, 0.25) is 5.91 Å². The van der Waals surface area contributed by atoms with Crippen molar-refractivity contribution in [2.45, 2.75) is 19.4 Å². The molecule has 4 rings (SSSR count). The van der Waals surface area contributed by atoms with Gasteiger partial charge in [0.05, 0.1) is 23.0 Å². The number of likely N-dealkylation sites (tertiary alicyclic amines) is 1. The first-order chi connectivity index (χ1) is 12.9. The number of anilines is 1. The Morgan fingerprint density at radius 3 is 2.89 bits per heavy atom. The Morgan fingerprint density at radius 2 is 2.22 bits per heavy atom. The Bertz CT molecular complexity index is 914. The average Bonchev–Trinajstić information content (AvgIpc) is 3.29. The molecule has 4 N–H and O–H groups in total. The first kappa shape index (κ1) is 18.2. The molecule has 2 fully saturated rings. The first-order valence-electron chi connectivity index (χ1n) is 9.01. The Balaban J connectivity index is 1.60. The molecule has 2 unspecified atom stereocenters. The molecule has 144 valence electrons. The van der Waals surface area contributed by atoms with Crippen LogP contribution in [0.4, 0.5) is 5.69 Å². The van der Waals surface area contributed by atoms with Crippen LogP contribution in [0.3, 0.4) is 0 Å². The summed E-state index contributed by atoms with van der Waals surface area (Å²) in [5.74, 6) is 0.369. The maximum absolute atomic E-state index is 11.9. The van der Waals surface area contributed by atoms with Gasteiger partial charge in [-0.1, -0.05) is 6.92 Å². The maximum Gasteiger partial charge on any atom is 0.252 e. The highest BCUT2D eigenvalue weighted by Gasteiger charge is 2.47. The number of carbonyl (C=O) groups excluding carboxylic acids is 2. The number of amides is 2. The zero-order valence-electron chi connectivity index (χ0n) is 14.9. The fraction of sp³-hybridized carbons (Fsp3) is 0.500. The minimum Gasteiger partial charge on any atom is -0.387 e. The van der Waals surface area contributed by atoms with E-state index in [1.807, 2.05) is 12.3 Å². The largest absolute Gasteiger partial charge is 0.387 e. The van der Waals surface area contributed by atoms with Gasteiger partial charge in [-0.05, 0) is 46.2 Å². The van der Waals surface area contributed by atoms with Crippen LogP contribution in [0.15, 0.2) is 22.9 Å². The van der Waals surface area contributed by atoms with Crippen LogP contribution >= 0.6 is 15.9 Å². The van der Waals surface area contributed by atoms with Gasteiger partial charge >= 0.3 is 0 Å². The van der Waals surface area contributed by atoms with Crippen LogP contribution in [0.1, 0.15) is 23.7 Å². The molecule has 0 aromatic carbocycles. The maximum atomic E-state index is 11.9. The Kier molecular flexibility index (Phi) is 4.59. The summed E-state index contributed by atoms with van der Waals surface area (Å²) in [4.78, 5) is 25.5. The highest BCUT2D eigenvalue weighted by Crippen LogP contribution is 2.44. The number of hydrogen-bond donors (Lipinski definition) is 3. The molecule has 3 heterocycles. The predicted octanol–water partition coefficient (Wildman–Crippen LogP) is 1.08. The van der Waals surface area contributed by atoms with E-state index < -0.39 is 12.5 Å². The van der Waals surface area contributed by atoms with Crippen LogP contribution in [0.5, 0.6) is 0 Å². The molecule has 1 saturated heterocycles. The van der Waals surface area contributed by atoms with Crippen molar-refractivity contribution in [3.63, 3.8) is 0 Å². The van der Waals surface area contributed by atoms with Crippen molar-refractivity contribution in [3.8, 4) is 0 Å². The molecular formula is C18H22BrN5O3. The van der Waals surface area contributed by atoms with Crippen LogP contribution in [0.25, 0.3) is 5.52 Å². The molecule has 1 saturated carbocycles. The summed E-state index contributed by atoms with van der Waals surface area (Å²) in [7, 11) is 0. The van der Waals surface area contributed by atoms with Gasteiger partial charge in [0.15, 0.2) is 0 Å². The molecule has 4 atom stereocenters. The van der Waals surface area contributed by atoms with Crippen LogP contribution in [0.2, 0.25) is 0 Å². The van der Waals surface area contributed by atoms with Crippen LogP contribution < -0.4 is 11.1 Å². The van der Waals surface area contributed by atoms with Crippen molar-refractivity contribution in [2.75, 3.05) is 25.0 Å². The van der Waals surface area contributed by atoms with Gasteiger partial charge in [-0.3, -0.25) is 9.59 Å². The number of primary amides is 1. The number of nitrogens with one attached hydrogen (secondary N) is 1. The lowest BCUT2D eigenvalue weighted by Gasteiger charge is -2.25. The molecule has 0 radical (unpaired) electrons. The molecule has 1 aliphatic carbocycles. The molecule has 0 spiro atoms. The molecule has 0 bridgehead atoms. The van der Waals surface area contributed by atoms with Gasteiger partial charge in [-0.25, -0.2) is 4.52 Å². The van der Waals surface area contributed by atoms with Gasteiger partial charge in [0.25, 0.3) is 5.91 Å². The monoisotopic (exact) mass is 435 g/mol. The molecule has 2 aliphatic rings. The van der Waals surface area contributed by atoms with E-state index in [0.29, 0.717) is 42.1 Å². The number of nitrogens with two attached hydrogens (primary N) is 1. The van der Waals surface area contributed by atoms with Crippen molar-refractivity contribution in [3.05, 3.63) is 28.5 Å². The second-order valence-corrected chi connectivity index (χ2v) is 8.43. The van der Waals surface area contributed by atoms with Crippen molar-refractivity contribution >= 4 is 38.9 Å². The van der Waals surface area contributed by atoms with Gasteiger partial charge < -0.3 is 21.1 Å². The lowest BCUT2D eigenvalue weighted by molar-refractivity contribution is -0.133. The number of halogens is 1. The Morgan fingerprint density at radius 1 is 1.44 bits per heavy atom. The summed E-state index contributed by atoms with van der Waals surface area (Å²) in [6.07, 6.45) is 4.22.